The largest absolute Gasteiger partial charge is 0.508 e. The van der Waals surface area contributed by atoms with Crippen molar-refractivity contribution in [3.63, 3.8) is 0 Å². The summed E-state index contributed by atoms with van der Waals surface area (Å²) < 4.78 is 0. The molecule has 9 heteroatoms. The summed E-state index contributed by atoms with van der Waals surface area (Å²) in [5, 5.41) is 24.8. The van der Waals surface area contributed by atoms with Gasteiger partial charge in [0.25, 0.3) is 5.69 Å². The van der Waals surface area contributed by atoms with Crippen molar-refractivity contribution < 1.29 is 10.0 Å². The Kier molecular flexibility index (Phi) is 5.89. The molecule has 0 atom stereocenters. The van der Waals surface area contributed by atoms with E-state index in [1.165, 1.54) is 29.5 Å². The van der Waals surface area contributed by atoms with Crippen molar-refractivity contribution in [1.82, 2.24) is 4.98 Å². The number of thiazole rings is 1. The molecule has 3 aromatic rings. The van der Waals surface area contributed by atoms with Crippen molar-refractivity contribution in [2.24, 2.45) is 10.2 Å². The van der Waals surface area contributed by atoms with E-state index in [1.54, 1.807) is 37.4 Å². The van der Waals surface area contributed by atoms with E-state index in [4.69, 9.17) is 0 Å². The van der Waals surface area contributed by atoms with Crippen molar-refractivity contribution in [3.05, 3.63) is 80.9 Å². The van der Waals surface area contributed by atoms with Gasteiger partial charge >= 0.3 is 0 Å². The van der Waals surface area contributed by atoms with Crippen LogP contribution < -0.4 is 0 Å². The maximum Gasteiger partial charge on any atom is 0.273 e. The van der Waals surface area contributed by atoms with Gasteiger partial charge in [0.15, 0.2) is 0 Å². The molecule has 0 saturated carbocycles. The summed E-state index contributed by atoms with van der Waals surface area (Å²) in [5.74, 6) is 0.134. The van der Waals surface area contributed by atoms with Crippen molar-refractivity contribution in [3.8, 4) is 16.3 Å². The highest BCUT2D eigenvalue weighted by atomic mass is 32.1. The van der Waals surface area contributed by atoms with Gasteiger partial charge in [-0.05, 0) is 29.8 Å². The second kappa shape index (κ2) is 8.53. The van der Waals surface area contributed by atoms with Crippen LogP contribution in [0.4, 0.5) is 10.7 Å². The van der Waals surface area contributed by atoms with Crippen LogP contribution >= 0.6 is 11.3 Å². The molecular weight excluding hydrogens is 392 g/mol. The van der Waals surface area contributed by atoms with Gasteiger partial charge in [-0.25, -0.2) is 9.98 Å². The third-order valence-electron chi connectivity index (χ3n) is 4.10. The molecule has 0 radical (unpaired) electrons. The Balaban J connectivity index is 2.02. The van der Waals surface area contributed by atoms with E-state index >= 15 is 0 Å². The highest BCUT2D eigenvalue weighted by molar-refractivity contribution is 7.19. The molecular formula is C20H16N4O4S. The maximum absolute atomic E-state index is 11.6. The van der Waals surface area contributed by atoms with Gasteiger partial charge in [-0.15, -0.1) is 4.91 Å². The number of hydrogen-bond donors (Lipinski definition) is 1. The number of aromatic hydroxyl groups is 1. The number of rotatable bonds is 7. The quantitative estimate of drug-likeness (QED) is 0.240. The van der Waals surface area contributed by atoms with Crippen molar-refractivity contribution in [2.45, 2.75) is 13.3 Å². The molecule has 0 aliphatic carbocycles. The normalized spacial score (nSPS) is 10.9. The Hall–Kier alpha value is -3.72. The zero-order valence-corrected chi connectivity index (χ0v) is 16.2. The third kappa shape index (κ3) is 4.41. The van der Waals surface area contributed by atoms with Crippen molar-refractivity contribution in [2.75, 3.05) is 0 Å². The van der Waals surface area contributed by atoms with Gasteiger partial charge in [-0.1, -0.05) is 42.2 Å². The zero-order valence-electron chi connectivity index (χ0n) is 15.4. The van der Waals surface area contributed by atoms with E-state index in [0.717, 1.165) is 5.56 Å². The number of benzene rings is 2. The summed E-state index contributed by atoms with van der Waals surface area (Å²) in [7, 11) is 0. The lowest BCUT2D eigenvalue weighted by Crippen LogP contribution is -1.97. The predicted molar refractivity (Wildman–Crippen MR) is 114 cm³/mol. The minimum Gasteiger partial charge on any atom is -0.508 e. The van der Waals surface area contributed by atoms with Crippen LogP contribution in [-0.4, -0.2) is 21.2 Å². The highest BCUT2D eigenvalue weighted by Crippen LogP contribution is 2.39. The van der Waals surface area contributed by atoms with E-state index in [0.29, 0.717) is 27.6 Å². The first-order chi connectivity index (χ1) is 13.9. The molecule has 3 rings (SSSR count). The van der Waals surface area contributed by atoms with Gasteiger partial charge in [-0.3, -0.25) is 10.1 Å². The molecule has 1 aromatic heterocycles. The maximum atomic E-state index is 11.6. The molecule has 2 aromatic carbocycles. The van der Waals surface area contributed by atoms with Gasteiger partial charge in [0, 0.05) is 29.8 Å². The van der Waals surface area contributed by atoms with Crippen molar-refractivity contribution >= 4 is 33.9 Å². The second-order valence-electron chi connectivity index (χ2n) is 6.04. The Labute approximate surface area is 170 Å². The van der Waals surface area contributed by atoms with E-state index < -0.39 is 4.92 Å². The van der Waals surface area contributed by atoms with Gasteiger partial charge in [0.1, 0.15) is 27.1 Å². The number of aliphatic imine (C=N–C) groups is 1. The third-order valence-corrected chi connectivity index (χ3v) is 5.11. The number of nitroso groups, excluding NO2 is 1. The molecule has 0 spiro atoms. The number of nitrogens with zero attached hydrogens (tertiary/aromatic N) is 4. The molecule has 0 bridgehead atoms. The molecule has 8 nitrogen and oxygen atoms in total. The molecule has 29 heavy (non-hydrogen) atoms. The van der Waals surface area contributed by atoms with E-state index in [-0.39, 0.29) is 22.8 Å². The summed E-state index contributed by atoms with van der Waals surface area (Å²) in [6.07, 6.45) is 1.90. The molecule has 0 aliphatic heterocycles. The summed E-state index contributed by atoms with van der Waals surface area (Å²) in [6, 6.07) is 11.4. The molecule has 0 saturated heterocycles. The topological polar surface area (TPSA) is 118 Å². The van der Waals surface area contributed by atoms with Crippen LogP contribution in [0, 0.1) is 15.0 Å². The number of aromatic nitrogens is 1. The first-order valence-electron chi connectivity index (χ1n) is 8.50. The Morgan fingerprint density at radius 2 is 2.03 bits per heavy atom. The van der Waals surface area contributed by atoms with E-state index in [1.807, 2.05) is 0 Å². The number of hydrogen-bond acceptors (Lipinski definition) is 8. The summed E-state index contributed by atoms with van der Waals surface area (Å²) in [4.78, 5) is 30.6. The van der Waals surface area contributed by atoms with Crippen LogP contribution in [0.1, 0.15) is 23.7 Å². The minimum absolute atomic E-state index is 0.0415. The lowest BCUT2D eigenvalue weighted by molar-refractivity contribution is -0.385. The molecule has 146 valence electrons. The summed E-state index contributed by atoms with van der Waals surface area (Å²) >= 11 is 1.19. The summed E-state index contributed by atoms with van der Waals surface area (Å²) in [6.45, 7) is 5.30. The molecule has 1 heterocycles. The van der Waals surface area contributed by atoms with Gasteiger partial charge in [-0.2, -0.15) is 0 Å². The van der Waals surface area contributed by atoms with Gasteiger partial charge in [0.05, 0.1) is 4.92 Å². The smallest absolute Gasteiger partial charge is 0.273 e. The van der Waals surface area contributed by atoms with E-state index in [2.05, 4.69) is 21.7 Å². The van der Waals surface area contributed by atoms with Crippen LogP contribution in [0.5, 0.6) is 5.75 Å². The van der Waals surface area contributed by atoms with Crippen LogP contribution in [-0.2, 0) is 6.42 Å². The molecule has 0 unspecified atom stereocenters. The minimum atomic E-state index is -0.440. The first kappa shape index (κ1) is 20.0. The molecule has 0 fully saturated rings. The summed E-state index contributed by atoms with van der Waals surface area (Å²) in [5.41, 5.74) is 2.07. The predicted octanol–water partition coefficient (Wildman–Crippen LogP) is 5.47. The average Bonchev–Trinajstić information content (AvgIpc) is 3.13. The first-order valence-corrected chi connectivity index (χ1v) is 9.32. The van der Waals surface area contributed by atoms with Crippen LogP contribution in [0.25, 0.3) is 16.3 Å². The van der Waals surface area contributed by atoms with E-state index in [9.17, 15) is 20.1 Å². The SMILES string of the molecule is C=C(N=O)c1nc(-c2ccc(Cc3ccc(O)cc3)c([N+](=O)[O-])c2)sc1N=CC. The zero-order chi connectivity index (χ0) is 21.0. The fourth-order valence-corrected chi connectivity index (χ4v) is 3.70. The Morgan fingerprint density at radius 1 is 1.31 bits per heavy atom. The molecule has 0 aliphatic rings. The van der Waals surface area contributed by atoms with Crippen LogP contribution in [0.15, 0.2) is 59.2 Å². The number of phenolic OH excluding ortho intramolecular Hbond substituents is 1. The monoisotopic (exact) mass is 408 g/mol. The lowest BCUT2D eigenvalue weighted by atomic mass is 10.0. The van der Waals surface area contributed by atoms with Crippen LogP contribution in [0.3, 0.4) is 0 Å². The Morgan fingerprint density at radius 3 is 2.66 bits per heavy atom. The number of phenols is 1. The lowest BCUT2D eigenvalue weighted by Gasteiger charge is -2.05. The molecule has 0 amide bonds. The number of nitro groups is 1. The van der Waals surface area contributed by atoms with Crippen molar-refractivity contribution in [1.29, 1.82) is 0 Å². The fraction of sp³-hybridized carbons (Fsp3) is 0.100. The van der Waals surface area contributed by atoms with Gasteiger partial charge in [0.2, 0.25) is 0 Å². The van der Waals surface area contributed by atoms with Gasteiger partial charge < -0.3 is 5.11 Å². The van der Waals surface area contributed by atoms with Crippen LogP contribution in [0.2, 0.25) is 0 Å². The Bertz CT molecular complexity index is 1120. The highest BCUT2D eigenvalue weighted by Gasteiger charge is 2.20. The molecule has 1 N–H and O–H groups in total. The second-order valence-corrected chi connectivity index (χ2v) is 7.02. The average molecular weight is 408 g/mol. The number of nitro benzene ring substituents is 1. The standard InChI is InChI=1S/C20H16N4O4S/c1-3-21-20-18(12(2)23-26)22-19(29-20)15-7-6-14(17(11-15)24(27)28)10-13-4-8-16(25)9-5-13/h3-9,11,25H,2,10H2,1H3. The fourth-order valence-electron chi connectivity index (χ4n) is 2.72.